The minimum atomic E-state index is -1.10. The van der Waals surface area contributed by atoms with E-state index in [-0.39, 0.29) is 28.1 Å². The lowest BCUT2D eigenvalue weighted by atomic mass is 10.0. The fourth-order valence-corrected chi connectivity index (χ4v) is 4.27. The first kappa shape index (κ1) is 20.5. The molecule has 156 valence electrons. The van der Waals surface area contributed by atoms with Crippen LogP contribution in [0.25, 0.3) is 0 Å². The number of esters is 1. The van der Waals surface area contributed by atoms with Crippen molar-refractivity contribution in [2.45, 2.75) is 12.5 Å². The fraction of sp³-hybridized carbons (Fsp3) is 0.130. The number of hydrogen-bond donors (Lipinski definition) is 1. The summed E-state index contributed by atoms with van der Waals surface area (Å²) < 4.78 is 4.75. The quantitative estimate of drug-likeness (QED) is 0.474. The number of methoxy groups -OCH3 is 1. The molecule has 1 aliphatic rings. The minimum absolute atomic E-state index is 0.135. The van der Waals surface area contributed by atoms with Crippen LogP contribution in [0.1, 0.15) is 36.0 Å². The lowest BCUT2D eigenvalue weighted by molar-refractivity contribution is -0.119. The number of imide groups is 1. The number of amides is 3. The Balaban J connectivity index is 1.68. The average Bonchev–Trinajstić information content (AvgIpc) is 3.35. The van der Waals surface area contributed by atoms with Crippen LogP contribution < -0.4 is 5.32 Å². The first-order valence-electron chi connectivity index (χ1n) is 9.48. The molecule has 31 heavy (non-hydrogen) atoms. The predicted molar refractivity (Wildman–Crippen MR) is 115 cm³/mol. The standard InChI is InChI=1S/C23H18N2O5S/c1-30-23(29)19-17(11-12-31-19)24-20(26)18(13-14-7-3-2-4-8-14)25-21(27)15-9-5-6-10-16(15)22(25)28/h2-12,18H,13H2,1H3,(H,24,26). The van der Waals surface area contributed by atoms with Crippen molar-refractivity contribution in [3.8, 4) is 0 Å². The molecule has 0 bridgehead atoms. The Hall–Kier alpha value is -3.78. The van der Waals surface area contributed by atoms with Crippen LogP contribution in [0, 0.1) is 0 Å². The molecule has 1 unspecified atom stereocenters. The number of fused-ring (bicyclic) bond motifs is 1. The highest BCUT2D eigenvalue weighted by Crippen LogP contribution is 2.28. The molecule has 3 amide bonds. The van der Waals surface area contributed by atoms with Crippen LogP contribution in [0.2, 0.25) is 0 Å². The molecule has 2 aromatic carbocycles. The van der Waals surface area contributed by atoms with Gasteiger partial charge < -0.3 is 10.1 Å². The maximum absolute atomic E-state index is 13.3. The van der Waals surface area contributed by atoms with Gasteiger partial charge in [-0.15, -0.1) is 11.3 Å². The molecule has 8 heteroatoms. The van der Waals surface area contributed by atoms with E-state index in [1.165, 1.54) is 7.11 Å². The van der Waals surface area contributed by atoms with Gasteiger partial charge in [-0.1, -0.05) is 42.5 Å². The summed E-state index contributed by atoms with van der Waals surface area (Å²) in [5.41, 5.74) is 1.60. The van der Waals surface area contributed by atoms with Crippen LogP contribution >= 0.6 is 11.3 Å². The summed E-state index contributed by atoms with van der Waals surface area (Å²) in [5, 5.41) is 4.34. The molecule has 0 aliphatic carbocycles. The number of hydrogen-bond acceptors (Lipinski definition) is 6. The van der Waals surface area contributed by atoms with Gasteiger partial charge in [0.05, 0.1) is 23.9 Å². The van der Waals surface area contributed by atoms with Crippen LogP contribution in [0.5, 0.6) is 0 Å². The molecule has 2 heterocycles. The molecule has 1 aromatic heterocycles. The highest BCUT2D eigenvalue weighted by atomic mass is 32.1. The normalized spacial score (nSPS) is 13.6. The van der Waals surface area contributed by atoms with E-state index >= 15 is 0 Å². The van der Waals surface area contributed by atoms with Crippen LogP contribution in [0.3, 0.4) is 0 Å². The van der Waals surface area contributed by atoms with Crippen molar-refractivity contribution < 1.29 is 23.9 Å². The van der Waals surface area contributed by atoms with E-state index in [4.69, 9.17) is 4.74 Å². The molecule has 1 atom stereocenters. The summed E-state index contributed by atoms with van der Waals surface area (Å²) in [6.07, 6.45) is 0.135. The van der Waals surface area contributed by atoms with Gasteiger partial charge in [0.25, 0.3) is 11.8 Å². The zero-order valence-corrected chi connectivity index (χ0v) is 17.3. The number of carbonyl (C=O) groups excluding carboxylic acids is 4. The highest BCUT2D eigenvalue weighted by Gasteiger charge is 2.42. The van der Waals surface area contributed by atoms with Crippen molar-refractivity contribution in [3.63, 3.8) is 0 Å². The Morgan fingerprint density at radius 2 is 1.58 bits per heavy atom. The molecule has 0 radical (unpaired) electrons. The third-order valence-electron chi connectivity index (χ3n) is 5.01. The molecule has 7 nitrogen and oxygen atoms in total. The Bertz CT molecular complexity index is 1140. The summed E-state index contributed by atoms with van der Waals surface area (Å²) in [6, 6.07) is 16.1. The van der Waals surface area contributed by atoms with E-state index in [1.807, 2.05) is 30.3 Å². The minimum Gasteiger partial charge on any atom is -0.465 e. The predicted octanol–water partition coefficient (Wildman–Crippen LogP) is 3.38. The number of benzene rings is 2. The molecular formula is C23H18N2O5S. The van der Waals surface area contributed by atoms with Gasteiger partial charge in [0.15, 0.2) is 0 Å². The van der Waals surface area contributed by atoms with E-state index < -0.39 is 29.7 Å². The molecular weight excluding hydrogens is 416 g/mol. The average molecular weight is 434 g/mol. The smallest absolute Gasteiger partial charge is 0.350 e. The van der Waals surface area contributed by atoms with E-state index in [9.17, 15) is 19.2 Å². The number of ether oxygens (including phenoxy) is 1. The molecule has 4 rings (SSSR count). The first-order chi connectivity index (χ1) is 15.0. The second-order valence-corrected chi connectivity index (χ2v) is 7.79. The van der Waals surface area contributed by atoms with Crippen molar-refractivity contribution in [2.24, 2.45) is 0 Å². The maximum atomic E-state index is 13.3. The van der Waals surface area contributed by atoms with Gasteiger partial charge in [-0.2, -0.15) is 0 Å². The van der Waals surface area contributed by atoms with Gasteiger partial charge in [0.1, 0.15) is 10.9 Å². The third-order valence-corrected chi connectivity index (χ3v) is 5.90. The van der Waals surface area contributed by atoms with E-state index in [0.717, 1.165) is 21.8 Å². The molecule has 0 saturated carbocycles. The van der Waals surface area contributed by atoms with Crippen molar-refractivity contribution in [1.82, 2.24) is 4.90 Å². The number of anilines is 1. The summed E-state index contributed by atoms with van der Waals surface area (Å²) in [4.78, 5) is 52.5. The van der Waals surface area contributed by atoms with E-state index in [2.05, 4.69) is 5.32 Å². The number of nitrogens with one attached hydrogen (secondary N) is 1. The number of nitrogens with zero attached hydrogens (tertiary/aromatic N) is 1. The van der Waals surface area contributed by atoms with Gasteiger partial charge in [-0.05, 0) is 29.1 Å². The summed E-state index contributed by atoms with van der Waals surface area (Å²) in [6.45, 7) is 0. The number of carbonyl (C=O) groups is 4. The number of thiophene rings is 1. The lowest BCUT2D eigenvalue weighted by Gasteiger charge is -2.25. The third kappa shape index (κ3) is 3.85. The Labute approximate surface area is 182 Å². The molecule has 3 aromatic rings. The van der Waals surface area contributed by atoms with Crippen molar-refractivity contribution >= 4 is 40.7 Å². The monoisotopic (exact) mass is 434 g/mol. The Morgan fingerprint density at radius 1 is 0.968 bits per heavy atom. The van der Waals surface area contributed by atoms with Crippen LogP contribution in [-0.2, 0) is 16.0 Å². The van der Waals surface area contributed by atoms with Gasteiger partial charge in [0.2, 0.25) is 5.91 Å². The van der Waals surface area contributed by atoms with Gasteiger partial charge >= 0.3 is 5.97 Å². The van der Waals surface area contributed by atoms with Crippen LogP contribution in [0.15, 0.2) is 66.0 Å². The second-order valence-electron chi connectivity index (χ2n) is 6.88. The van der Waals surface area contributed by atoms with Crippen molar-refractivity contribution in [1.29, 1.82) is 0 Å². The zero-order chi connectivity index (χ0) is 22.0. The SMILES string of the molecule is COC(=O)c1sccc1NC(=O)C(Cc1ccccc1)N1C(=O)c2ccccc2C1=O. The van der Waals surface area contributed by atoms with Crippen molar-refractivity contribution in [2.75, 3.05) is 12.4 Å². The second kappa shape index (κ2) is 8.53. The lowest BCUT2D eigenvalue weighted by Crippen LogP contribution is -2.48. The van der Waals surface area contributed by atoms with Gasteiger partial charge in [-0.3, -0.25) is 19.3 Å². The topological polar surface area (TPSA) is 92.8 Å². The molecule has 0 fully saturated rings. The summed E-state index contributed by atoms with van der Waals surface area (Å²) in [5.74, 6) is -2.18. The Kier molecular flexibility index (Phi) is 5.64. The van der Waals surface area contributed by atoms with Gasteiger partial charge in [-0.25, -0.2) is 4.79 Å². The maximum Gasteiger partial charge on any atom is 0.350 e. The number of rotatable bonds is 6. The van der Waals surface area contributed by atoms with Crippen LogP contribution in [-0.4, -0.2) is 41.7 Å². The Morgan fingerprint density at radius 3 is 2.19 bits per heavy atom. The van der Waals surface area contributed by atoms with E-state index in [1.54, 1.807) is 35.7 Å². The molecule has 1 aliphatic heterocycles. The zero-order valence-electron chi connectivity index (χ0n) is 16.5. The molecule has 1 N–H and O–H groups in total. The highest BCUT2D eigenvalue weighted by molar-refractivity contribution is 7.12. The van der Waals surface area contributed by atoms with Crippen molar-refractivity contribution in [3.05, 3.63) is 87.6 Å². The van der Waals surface area contributed by atoms with E-state index in [0.29, 0.717) is 0 Å². The first-order valence-corrected chi connectivity index (χ1v) is 10.4. The largest absolute Gasteiger partial charge is 0.465 e. The molecule has 0 saturated heterocycles. The van der Waals surface area contributed by atoms with Crippen LogP contribution in [0.4, 0.5) is 5.69 Å². The fourth-order valence-electron chi connectivity index (χ4n) is 3.50. The molecule has 0 spiro atoms. The van der Waals surface area contributed by atoms with Gasteiger partial charge in [0, 0.05) is 6.42 Å². The summed E-state index contributed by atoms with van der Waals surface area (Å²) >= 11 is 1.13. The summed E-state index contributed by atoms with van der Waals surface area (Å²) in [7, 11) is 1.25.